The number of hydrogen-bond donors (Lipinski definition) is 1. The Morgan fingerprint density at radius 2 is 1.68 bits per heavy atom. The van der Waals surface area contributed by atoms with Crippen molar-refractivity contribution in [3.63, 3.8) is 0 Å². The molecule has 1 N–H and O–H groups in total. The lowest BCUT2D eigenvalue weighted by Gasteiger charge is -2.36. The number of anilines is 2. The largest absolute Gasteiger partial charge is 0.452 e. The van der Waals surface area contributed by atoms with E-state index in [9.17, 15) is 14.0 Å². The topological polar surface area (TPSA) is 67.9 Å². The summed E-state index contributed by atoms with van der Waals surface area (Å²) in [6.07, 6.45) is 0.565. The molecule has 0 spiro atoms. The van der Waals surface area contributed by atoms with Crippen LogP contribution in [0.5, 0.6) is 0 Å². The summed E-state index contributed by atoms with van der Waals surface area (Å²) >= 11 is 0. The van der Waals surface area contributed by atoms with Crippen LogP contribution in [0, 0.1) is 5.82 Å². The van der Waals surface area contributed by atoms with Crippen LogP contribution in [0.3, 0.4) is 0 Å². The Kier molecular flexibility index (Phi) is 5.94. The first-order valence-electron chi connectivity index (χ1n) is 9.03. The van der Waals surface area contributed by atoms with Gasteiger partial charge in [0.1, 0.15) is 5.82 Å². The van der Waals surface area contributed by atoms with Gasteiger partial charge in [0.2, 0.25) is 5.91 Å². The summed E-state index contributed by atoms with van der Waals surface area (Å²) in [7, 11) is 2.92. The number of carbonyl (C=O) groups is 2. The van der Waals surface area contributed by atoms with Crippen LogP contribution in [0.25, 0.3) is 0 Å². The molecule has 0 saturated carbocycles. The fraction of sp³-hybridized carbons (Fsp3) is 0.333. The zero-order chi connectivity index (χ0) is 20.1. The number of carbonyl (C=O) groups excluding carboxylic acids is 2. The van der Waals surface area contributed by atoms with E-state index in [1.165, 1.54) is 24.1 Å². The predicted octanol–water partition coefficient (Wildman–Crippen LogP) is 3.72. The summed E-state index contributed by atoms with van der Waals surface area (Å²) in [6.45, 7) is 0.932. The van der Waals surface area contributed by atoms with Gasteiger partial charge in [-0.05, 0) is 54.8 Å². The van der Waals surface area contributed by atoms with E-state index in [-0.39, 0.29) is 11.7 Å². The average molecular weight is 386 g/mol. The van der Waals surface area contributed by atoms with Gasteiger partial charge in [0.25, 0.3) is 0 Å². The van der Waals surface area contributed by atoms with Crippen LogP contribution in [0.15, 0.2) is 48.5 Å². The minimum Gasteiger partial charge on any atom is -0.452 e. The number of halogens is 1. The van der Waals surface area contributed by atoms with Crippen molar-refractivity contribution in [2.45, 2.75) is 18.3 Å². The zero-order valence-electron chi connectivity index (χ0n) is 15.9. The van der Waals surface area contributed by atoms with Gasteiger partial charge in [-0.15, -0.1) is 0 Å². The Balaban J connectivity index is 1.81. The van der Waals surface area contributed by atoms with Crippen LogP contribution >= 0.6 is 0 Å². The first-order valence-corrected chi connectivity index (χ1v) is 9.03. The Morgan fingerprint density at radius 3 is 2.25 bits per heavy atom. The molecule has 2 amide bonds. The fourth-order valence-corrected chi connectivity index (χ4v) is 3.40. The number of nitrogens with zero attached hydrogens (tertiary/aromatic N) is 1. The van der Waals surface area contributed by atoms with Gasteiger partial charge in [0.05, 0.1) is 12.5 Å². The number of rotatable bonds is 4. The Hall–Kier alpha value is -2.93. The van der Waals surface area contributed by atoms with E-state index < -0.39 is 11.5 Å². The third-order valence-corrected chi connectivity index (χ3v) is 5.14. The van der Waals surface area contributed by atoms with Crippen LogP contribution in [-0.2, 0) is 19.7 Å². The number of methoxy groups -OCH3 is 1. The zero-order valence-corrected chi connectivity index (χ0v) is 15.9. The summed E-state index contributed by atoms with van der Waals surface area (Å²) in [6, 6.07) is 13.0. The van der Waals surface area contributed by atoms with Gasteiger partial charge in [0, 0.05) is 31.6 Å². The second-order valence-electron chi connectivity index (χ2n) is 6.73. The van der Waals surface area contributed by atoms with Crippen LogP contribution in [0.4, 0.5) is 20.6 Å². The molecule has 28 heavy (non-hydrogen) atoms. The van der Waals surface area contributed by atoms with E-state index >= 15 is 0 Å². The standard InChI is InChI=1S/C21H23FN2O4/c1-24(20(26)27-2)18-9-7-17(8-10-18)23-19(25)21(11-13-28-14-12-21)15-3-5-16(22)6-4-15/h3-10H,11-14H2,1-2H3,(H,23,25). The van der Waals surface area contributed by atoms with Crippen molar-refractivity contribution in [1.29, 1.82) is 0 Å². The summed E-state index contributed by atoms with van der Waals surface area (Å²) in [5.74, 6) is -0.492. The third kappa shape index (κ3) is 3.99. The maximum atomic E-state index is 13.3. The van der Waals surface area contributed by atoms with Crippen molar-refractivity contribution in [1.82, 2.24) is 0 Å². The van der Waals surface area contributed by atoms with Gasteiger partial charge in [-0.25, -0.2) is 9.18 Å². The highest BCUT2D eigenvalue weighted by Gasteiger charge is 2.41. The van der Waals surface area contributed by atoms with Crippen molar-refractivity contribution < 1.29 is 23.5 Å². The molecule has 3 rings (SSSR count). The molecule has 0 atom stereocenters. The molecule has 7 heteroatoms. The van der Waals surface area contributed by atoms with Crippen molar-refractivity contribution >= 4 is 23.4 Å². The molecule has 1 heterocycles. The van der Waals surface area contributed by atoms with Crippen molar-refractivity contribution in [3.05, 3.63) is 59.9 Å². The average Bonchev–Trinajstić information content (AvgIpc) is 2.74. The molecule has 6 nitrogen and oxygen atoms in total. The Labute approximate surface area is 163 Å². The Morgan fingerprint density at radius 1 is 1.07 bits per heavy atom. The quantitative estimate of drug-likeness (QED) is 0.870. The maximum Gasteiger partial charge on any atom is 0.413 e. The van der Waals surface area contributed by atoms with Gasteiger partial charge in [-0.2, -0.15) is 0 Å². The molecule has 1 saturated heterocycles. The lowest BCUT2D eigenvalue weighted by molar-refractivity contribution is -0.125. The molecule has 0 aliphatic carbocycles. The van der Waals surface area contributed by atoms with E-state index in [0.29, 0.717) is 37.4 Å². The van der Waals surface area contributed by atoms with Crippen molar-refractivity contribution in [2.75, 3.05) is 37.6 Å². The first kappa shape index (κ1) is 19.8. The summed E-state index contributed by atoms with van der Waals surface area (Å²) < 4.78 is 23.5. The molecule has 0 bridgehead atoms. The van der Waals surface area contributed by atoms with Gasteiger partial charge in [-0.3, -0.25) is 9.69 Å². The second kappa shape index (κ2) is 8.39. The molecule has 1 aliphatic heterocycles. The summed E-state index contributed by atoms with van der Waals surface area (Å²) in [5.41, 5.74) is 1.26. The van der Waals surface area contributed by atoms with Crippen LogP contribution in [-0.4, -0.2) is 39.4 Å². The number of amides is 2. The monoisotopic (exact) mass is 386 g/mol. The highest BCUT2D eigenvalue weighted by Crippen LogP contribution is 2.36. The second-order valence-corrected chi connectivity index (χ2v) is 6.73. The maximum absolute atomic E-state index is 13.3. The molecular weight excluding hydrogens is 363 g/mol. The molecule has 0 radical (unpaired) electrons. The van der Waals surface area contributed by atoms with Crippen LogP contribution < -0.4 is 10.2 Å². The molecule has 0 unspecified atom stereocenters. The first-order chi connectivity index (χ1) is 13.5. The van der Waals surface area contributed by atoms with Crippen molar-refractivity contribution in [2.24, 2.45) is 0 Å². The smallest absolute Gasteiger partial charge is 0.413 e. The number of hydrogen-bond acceptors (Lipinski definition) is 4. The van der Waals surface area contributed by atoms with Gasteiger partial charge in [0.15, 0.2) is 0 Å². The lowest BCUT2D eigenvalue weighted by Crippen LogP contribution is -2.44. The van der Waals surface area contributed by atoms with Gasteiger partial charge < -0.3 is 14.8 Å². The highest BCUT2D eigenvalue weighted by molar-refractivity contribution is 5.99. The number of ether oxygens (including phenoxy) is 2. The van der Waals surface area contributed by atoms with Crippen LogP contribution in [0.2, 0.25) is 0 Å². The van der Waals surface area contributed by atoms with E-state index in [2.05, 4.69) is 10.1 Å². The van der Waals surface area contributed by atoms with Gasteiger partial charge >= 0.3 is 6.09 Å². The molecular formula is C21H23FN2O4. The molecule has 0 aromatic heterocycles. The molecule has 1 fully saturated rings. The SMILES string of the molecule is COC(=O)N(C)c1ccc(NC(=O)C2(c3ccc(F)cc3)CCOCC2)cc1. The number of nitrogens with one attached hydrogen (secondary N) is 1. The van der Waals surface area contributed by atoms with E-state index in [1.54, 1.807) is 43.4 Å². The summed E-state index contributed by atoms with van der Waals surface area (Å²) in [5, 5.41) is 2.95. The Bertz CT molecular complexity index is 830. The highest BCUT2D eigenvalue weighted by atomic mass is 19.1. The molecule has 1 aliphatic rings. The molecule has 148 valence electrons. The molecule has 2 aromatic rings. The fourth-order valence-electron chi connectivity index (χ4n) is 3.40. The minimum absolute atomic E-state index is 0.156. The minimum atomic E-state index is -0.770. The van der Waals surface area contributed by atoms with E-state index in [0.717, 1.165) is 5.56 Å². The normalized spacial score (nSPS) is 15.5. The number of benzene rings is 2. The van der Waals surface area contributed by atoms with E-state index in [1.807, 2.05) is 0 Å². The van der Waals surface area contributed by atoms with Crippen molar-refractivity contribution in [3.8, 4) is 0 Å². The van der Waals surface area contributed by atoms with Crippen LogP contribution in [0.1, 0.15) is 18.4 Å². The predicted molar refractivity (Wildman–Crippen MR) is 104 cm³/mol. The lowest BCUT2D eigenvalue weighted by atomic mass is 9.73. The summed E-state index contributed by atoms with van der Waals surface area (Å²) in [4.78, 5) is 26.2. The third-order valence-electron chi connectivity index (χ3n) is 5.14. The van der Waals surface area contributed by atoms with Gasteiger partial charge in [-0.1, -0.05) is 12.1 Å². The van der Waals surface area contributed by atoms with E-state index in [4.69, 9.17) is 4.74 Å². The molecule has 2 aromatic carbocycles.